The van der Waals surface area contributed by atoms with Crippen LogP contribution in [-0.2, 0) is 17.8 Å². The highest BCUT2D eigenvalue weighted by molar-refractivity contribution is 5.94. The van der Waals surface area contributed by atoms with Crippen molar-refractivity contribution >= 4 is 28.7 Å². The minimum Gasteiger partial charge on any atom is -0.399 e. The van der Waals surface area contributed by atoms with E-state index in [-0.39, 0.29) is 5.91 Å². The lowest BCUT2D eigenvalue weighted by Crippen LogP contribution is -2.33. The van der Waals surface area contributed by atoms with Crippen molar-refractivity contribution in [2.75, 3.05) is 23.7 Å². The highest BCUT2D eigenvalue weighted by Crippen LogP contribution is 2.20. The van der Waals surface area contributed by atoms with Gasteiger partial charge in [0.1, 0.15) is 17.1 Å². The smallest absolute Gasteiger partial charge is 0.270 e. The van der Waals surface area contributed by atoms with Gasteiger partial charge < -0.3 is 16.0 Å². The zero-order valence-electron chi connectivity index (χ0n) is 16.5. The number of aryl methyl sites for hydroxylation is 1. The summed E-state index contributed by atoms with van der Waals surface area (Å²) in [5, 5.41) is 3.00. The molecule has 1 amide bonds. The van der Waals surface area contributed by atoms with Gasteiger partial charge in [-0.2, -0.15) is 0 Å². The largest absolute Gasteiger partial charge is 0.399 e. The Morgan fingerprint density at radius 1 is 1.17 bits per heavy atom. The number of imidazole rings is 1. The SMILES string of the molecule is CCc1nc2cc(N)ccn2c1C(=O)NCc1ccc(N2CCC(=O)CC2)cc1. The van der Waals surface area contributed by atoms with Crippen LogP contribution in [0.1, 0.15) is 41.5 Å². The molecule has 1 saturated heterocycles. The van der Waals surface area contributed by atoms with Gasteiger partial charge in [-0.3, -0.25) is 14.0 Å². The summed E-state index contributed by atoms with van der Waals surface area (Å²) >= 11 is 0. The van der Waals surface area contributed by atoms with Crippen LogP contribution >= 0.6 is 0 Å². The number of fused-ring (bicyclic) bond motifs is 1. The van der Waals surface area contributed by atoms with Gasteiger partial charge in [0.15, 0.2) is 0 Å². The van der Waals surface area contributed by atoms with Crippen LogP contribution in [0.5, 0.6) is 0 Å². The molecule has 0 radical (unpaired) electrons. The Morgan fingerprint density at radius 2 is 1.90 bits per heavy atom. The zero-order chi connectivity index (χ0) is 20.4. The maximum absolute atomic E-state index is 12.9. The molecule has 0 bridgehead atoms. The number of anilines is 2. The number of amides is 1. The third-order valence-corrected chi connectivity index (χ3v) is 5.35. The Labute approximate surface area is 169 Å². The van der Waals surface area contributed by atoms with Gasteiger partial charge in [0.2, 0.25) is 0 Å². The molecular weight excluding hydrogens is 366 g/mol. The van der Waals surface area contributed by atoms with Gasteiger partial charge in [0.25, 0.3) is 5.91 Å². The van der Waals surface area contributed by atoms with Crippen molar-refractivity contribution in [1.29, 1.82) is 0 Å². The van der Waals surface area contributed by atoms with Crippen molar-refractivity contribution in [3.05, 3.63) is 59.5 Å². The van der Waals surface area contributed by atoms with E-state index >= 15 is 0 Å². The highest BCUT2D eigenvalue weighted by atomic mass is 16.2. The van der Waals surface area contributed by atoms with Crippen LogP contribution in [0.2, 0.25) is 0 Å². The third kappa shape index (κ3) is 3.94. The monoisotopic (exact) mass is 391 g/mol. The Morgan fingerprint density at radius 3 is 2.59 bits per heavy atom. The van der Waals surface area contributed by atoms with E-state index in [2.05, 4.69) is 15.2 Å². The number of nitrogens with one attached hydrogen (secondary N) is 1. The predicted octanol–water partition coefficient (Wildman–Crippen LogP) is 2.58. The molecule has 4 rings (SSSR count). The molecule has 3 N–H and O–H groups in total. The normalized spacial score (nSPS) is 14.4. The minimum atomic E-state index is -0.155. The number of rotatable bonds is 5. The number of carbonyl (C=O) groups excluding carboxylic acids is 2. The summed E-state index contributed by atoms with van der Waals surface area (Å²) < 4.78 is 1.78. The van der Waals surface area contributed by atoms with E-state index in [0.717, 1.165) is 30.0 Å². The molecule has 1 aliphatic heterocycles. The second kappa shape index (κ2) is 7.95. The molecule has 7 nitrogen and oxygen atoms in total. The van der Waals surface area contributed by atoms with Gasteiger partial charge >= 0.3 is 0 Å². The second-order valence-corrected chi connectivity index (χ2v) is 7.32. The van der Waals surface area contributed by atoms with E-state index in [9.17, 15) is 9.59 Å². The maximum atomic E-state index is 12.9. The molecule has 1 aromatic carbocycles. The van der Waals surface area contributed by atoms with Gasteiger partial charge in [0, 0.05) is 56.1 Å². The first-order chi connectivity index (χ1) is 14.0. The van der Waals surface area contributed by atoms with Crippen molar-refractivity contribution in [3.8, 4) is 0 Å². The summed E-state index contributed by atoms with van der Waals surface area (Å²) in [7, 11) is 0. The Balaban J connectivity index is 1.45. The van der Waals surface area contributed by atoms with E-state index in [1.54, 1.807) is 22.7 Å². The fraction of sp³-hybridized carbons (Fsp3) is 0.318. The van der Waals surface area contributed by atoms with Gasteiger partial charge in [-0.1, -0.05) is 19.1 Å². The van der Waals surface area contributed by atoms with Gasteiger partial charge in [-0.05, 0) is 30.2 Å². The Hall–Kier alpha value is -3.35. The van der Waals surface area contributed by atoms with E-state index in [1.165, 1.54) is 0 Å². The maximum Gasteiger partial charge on any atom is 0.270 e. The summed E-state index contributed by atoms with van der Waals surface area (Å²) in [6.45, 7) is 3.96. The molecule has 0 spiro atoms. The number of nitrogens with two attached hydrogens (primary N) is 1. The molecule has 0 saturated carbocycles. The fourth-order valence-electron chi connectivity index (χ4n) is 3.70. The number of hydrogen-bond acceptors (Lipinski definition) is 5. The summed E-state index contributed by atoms with van der Waals surface area (Å²) in [6, 6.07) is 11.7. The quantitative estimate of drug-likeness (QED) is 0.697. The van der Waals surface area contributed by atoms with E-state index in [0.29, 0.717) is 48.6 Å². The number of carbonyl (C=O) groups is 2. The Kier molecular flexibility index (Phi) is 5.20. The summed E-state index contributed by atoms with van der Waals surface area (Å²) in [5.74, 6) is 0.180. The average molecular weight is 391 g/mol. The number of ketones is 1. The highest BCUT2D eigenvalue weighted by Gasteiger charge is 2.19. The molecule has 150 valence electrons. The molecule has 0 unspecified atom stereocenters. The van der Waals surface area contributed by atoms with Crippen molar-refractivity contribution in [1.82, 2.24) is 14.7 Å². The minimum absolute atomic E-state index is 0.155. The van der Waals surface area contributed by atoms with Crippen LogP contribution in [-0.4, -0.2) is 34.2 Å². The number of aromatic nitrogens is 2. The van der Waals surface area contributed by atoms with Crippen LogP contribution in [0.3, 0.4) is 0 Å². The molecular formula is C22H25N5O2. The predicted molar refractivity (Wildman–Crippen MR) is 113 cm³/mol. The molecule has 29 heavy (non-hydrogen) atoms. The molecule has 0 atom stereocenters. The standard InChI is InChI=1S/C22H25N5O2/c1-2-19-21(27-12-7-16(23)13-20(27)25-19)22(29)24-14-15-3-5-17(6-4-15)26-10-8-18(28)9-11-26/h3-7,12-13H,2,8-11,14,23H2,1H3,(H,24,29). The van der Waals surface area contributed by atoms with E-state index < -0.39 is 0 Å². The third-order valence-electron chi connectivity index (χ3n) is 5.35. The van der Waals surface area contributed by atoms with Crippen molar-refractivity contribution in [3.63, 3.8) is 0 Å². The lowest BCUT2D eigenvalue weighted by Gasteiger charge is -2.28. The first-order valence-electron chi connectivity index (χ1n) is 9.95. The van der Waals surface area contributed by atoms with Crippen molar-refractivity contribution < 1.29 is 9.59 Å². The number of pyridine rings is 1. The topological polar surface area (TPSA) is 92.7 Å². The molecule has 7 heteroatoms. The van der Waals surface area contributed by atoms with Gasteiger partial charge in [0.05, 0.1) is 5.69 Å². The van der Waals surface area contributed by atoms with Crippen LogP contribution in [0.15, 0.2) is 42.6 Å². The van der Waals surface area contributed by atoms with Crippen molar-refractivity contribution in [2.45, 2.75) is 32.7 Å². The summed E-state index contributed by atoms with van der Waals surface area (Å²) in [5.41, 5.74) is 10.6. The summed E-state index contributed by atoms with van der Waals surface area (Å²) in [4.78, 5) is 31.0. The molecule has 1 fully saturated rings. The first-order valence-corrected chi connectivity index (χ1v) is 9.95. The van der Waals surface area contributed by atoms with Crippen LogP contribution < -0.4 is 16.0 Å². The Bertz CT molecular complexity index is 1040. The average Bonchev–Trinajstić information content (AvgIpc) is 3.10. The van der Waals surface area contributed by atoms with Gasteiger partial charge in [-0.15, -0.1) is 0 Å². The van der Waals surface area contributed by atoms with Gasteiger partial charge in [-0.25, -0.2) is 4.98 Å². The zero-order valence-corrected chi connectivity index (χ0v) is 16.5. The lowest BCUT2D eigenvalue weighted by atomic mass is 10.1. The fourth-order valence-corrected chi connectivity index (χ4v) is 3.70. The number of benzene rings is 1. The molecule has 1 aliphatic rings. The summed E-state index contributed by atoms with van der Waals surface area (Å²) in [6.07, 6.45) is 3.67. The number of nitrogen functional groups attached to an aromatic ring is 1. The van der Waals surface area contributed by atoms with Crippen LogP contribution in [0.25, 0.3) is 5.65 Å². The van der Waals surface area contributed by atoms with Crippen LogP contribution in [0, 0.1) is 0 Å². The number of hydrogen-bond donors (Lipinski definition) is 2. The number of piperidine rings is 1. The van der Waals surface area contributed by atoms with E-state index in [4.69, 9.17) is 5.73 Å². The molecule has 3 aromatic rings. The second-order valence-electron chi connectivity index (χ2n) is 7.32. The van der Waals surface area contributed by atoms with Crippen LogP contribution in [0.4, 0.5) is 11.4 Å². The molecule has 3 heterocycles. The lowest BCUT2D eigenvalue weighted by molar-refractivity contribution is -0.119. The molecule has 0 aliphatic carbocycles. The number of Topliss-reactive ketones (excluding diaryl/α,β-unsaturated/α-hetero) is 1. The molecule has 2 aromatic heterocycles. The van der Waals surface area contributed by atoms with E-state index in [1.807, 2.05) is 31.2 Å². The van der Waals surface area contributed by atoms with Crippen molar-refractivity contribution in [2.24, 2.45) is 0 Å². The number of nitrogens with zero attached hydrogens (tertiary/aromatic N) is 3. The first kappa shape index (κ1) is 19.0.